The Bertz CT molecular complexity index is 414. The maximum Gasteiger partial charge on any atom is 0.120 e. The van der Waals surface area contributed by atoms with Gasteiger partial charge in [0.25, 0.3) is 0 Å². The second kappa shape index (κ2) is 6.26. The van der Waals surface area contributed by atoms with E-state index >= 15 is 0 Å². The highest BCUT2D eigenvalue weighted by atomic mass is 16.5. The number of methoxy groups -OCH3 is 1. The van der Waals surface area contributed by atoms with E-state index in [2.05, 4.69) is 5.32 Å². The lowest BCUT2D eigenvalue weighted by atomic mass is 9.85. The van der Waals surface area contributed by atoms with Crippen molar-refractivity contribution in [3.05, 3.63) is 23.8 Å². The number of aromatic hydroxyl groups is 1. The number of phenols is 1. The summed E-state index contributed by atoms with van der Waals surface area (Å²) in [6.07, 6.45) is 5.15. The molecule has 0 atom stereocenters. The van der Waals surface area contributed by atoms with Gasteiger partial charge in [0.15, 0.2) is 0 Å². The molecule has 2 rings (SSSR count). The molecule has 106 valence electrons. The molecule has 3 N–H and O–H groups in total. The van der Waals surface area contributed by atoms with E-state index in [9.17, 15) is 10.2 Å². The van der Waals surface area contributed by atoms with E-state index in [1.807, 2.05) is 6.07 Å². The van der Waals surface area contributed by atoms with Crippen LogP contribution in [0.25, 0.3) is 0 Å². The summed E-state index contributed by atoms with van der Waals surface area (Å²) in [6, 6.07) is 5.17. The van der Waals surface area contributed by atoms with Crippen LogP contribution in [-0.2, 0) is 6.54 Å². The van der Waals surface area contributed by atoms with E-state index in [4.69, 9.17) is 4.74 Å². The minimum atomic E-state index is -0.577. The van der Waals surface area contributed by atoms with Gasteiger partial charge in [-0.25, -0.2) is 0 Å². The van der Waals surface area contributed by atoms with Crippen LogP contribution < -0.4 is 10.1 Å². The van der Waals surface area contributed by atoms with Gasteiger partial charge in [0.05, 0.1) is 12.7 Å². The fourth-order valence-corrected chi connectivity index (χ4v) is 2.65. The molecule has 1 aliphatic rings. The summed E-state index contributed by atoms with van der Waals surface area (Å²) < 4.78 is 5.14. The molecule has 4 nitrogen and oxygen atoms in total. The Labute approximate surface area is 114 Å². The molecule has 0 spiro atoms. The number of phenolic OH excluding ortho intramolecular Hbond substituents is 1. The standard InChI is InChI=1S/C15H23NO3/c1-19-13-5-6-14(17)12(9-13)10-16-11-15(18)7-3-2-4-8-15/h5-6,9,16-18H,2-4,7-8,10-11H2,1H3. The SMILES string of the molecule is COc1ccc(O)c(CNCC2(O)CCCCC2)c1. The summed E-state index contributed by atoms with van der Waals surface area (Å²) in [4.78, 5) is 0. The molecule has 0 bridgehead atoms. The second-order valence-electron chi connectivity index (χ2n) is 5.38. The summed E-state index contributed by atoms with van der Waals surface area (Å²) in [5.74, 6) is 0.981. The minimum absolute atomic E-state index is 0.254. The summed E-state index contributed by atoms with van der Waals surface area (Å²) in [5.41, 5.74) is 0.214. The van der Waals surface area contributed by atoms with Crippen LogP contribution in [0.1, 0.15) is 37.7 Å². The lowest BCUT2D eigenvalue weighted by molar-refractivity contribution is 0.00463. The molecule has 1 aromatic rings. The van der Waals surface area contributed by atoms with Crippen LogP contribution in [0, 0.1) is 0 Å². The van der Waals surface area contributed by atoms with E-state index in [1.165, 1.54) is 6.42 Å². The smallest absolute Gasteiger partial charge is 0.120 e. The van der Waals surface area contributed by atoms with E-state index in [-0.39, 0.29) is 5.75 Å². The third-order valence-corrected chi connectivity index (χ3v) is 3.84. The van der Waals surface area contributed by atoms with Crippen molar-refractivity contribution >= 4 is 0 Å². The van der Waals surface area contributed by atoms with Crippen molar-refractivity contribution in [1.82, 2.24) is 5.32 Å². The van der Waals surface area contributed by atoms with Crippen molar-refractivity contribution in [3.63, 3.8) is 0 Å². The fourth-order valence-electron chi connectivity index (χ4n) is 2.65. The number of benzene rings is 1. The predicted molar refractivity (Wildman–Crippen MR) is 74.4 cm³/mol. The van der Waals surface area contributed by atoms with Gasteiger partial charge in [0.2, 0.25) is 0 Å². The topological polar surface area (TPSA) is 61.7 Å². The first-order valence-corrected chi connectivity index (χ1v) is 6.92. The van der Waals surface area contributed by atoms with E-state index in [0.717, 1.165) is 37.0 Å². The highest BCUT2D eigenvalue weighted by Crippen LogP contribution is 2.28. The van der Waals surface area contributed by atoms with Crippen LogP contribution in [0.4, 0.5) is 0 Å². The third kappa shape index (κ3) is 3.85. The van der Waals surface area contributed by atoms with Crippen LogP contribution in [-0.4, -0.2) is 29.5 Å². The highest BCUT2D eigenvalue weighted by Gasteiger charge is 2.28. The van der Waals surface area contributed by atoms with E-state index < -0.39 is 5.60 Å². The molecule has 0 aromatic heterocycles. The zero-order valence-corrected chi connectivity index (χ0v) is 11.5. The number of hydrogen-bond acceptors (Lipinski definition) is 4. The van der Waals surface area contributed by atoms with E-state index in [0.29, 0.717) is 13.1 Å². The number of ether oxygens (including phenoxy) is 1. The molecule has 0 heterocycles. The molecule has 0 aliphatic heterocycles. The maximum absolute atomic E-state index is 10.4. The average Bonchev–Trinajstić information content (AvgIpc) is 2.41. The Kier molecular flexibility index (Phi) is 4.66. The first-order chi connectivity index (χ1) is 9.13. The molecule has 4 heteroatoms. The molecule has 19 heavy (non-hydrogen) atoms. The summed E-state index contributed by atoms with van der Waals surface area (Å²) in [5, 5.41) is 23.4. The number of nitrogens with one attached hydrogen (secondary N) is 1. The van der Waals surface area contributed by atoms with Gasteiger partial charge in [-0.2, -0.15) is 0 Å². The van der Waals surface area contributed by atoms with Crippen LogP contribution in [0.15, 0.2) is 18.2 Å². The molecular formula is C15H23NO3. The van der Waals surface area contributed by atoms with Gasteiger partial charge >= 0.3 is 0 Å². The zero-order valence-electron chi connectivity index (χ0n) is 11.5. The van der Waals surface area contributed by atoms with Crippen LogP contribution in [0.5, 0.6) is 11.5 Å². The van der Waals surface area contributed by atoms with Crippen molar-refractivity contribution in [2.75, 3.05) is 13.7 Å². The van der Waals surface area contributed by atoms with Crippen LogP contribution in [0.2, 0.25) is 0 Å². The molecule has 0 unspecified atom stereocenters. The molecule has 0 amide bonds. The molecule has 0 radical (unpaired) electrons. The molecule has 1 aromatic carbocycles. The zero-order chi connectivity index (χ0) is 13.7. The summed E-state index contributed by atoms with van der Waals surface area (Å²) in [7, 11) is 1.61. The molecule has 1 fully saturated rings. The number of hydrogen-bond donors (Lipinski definition) is 3. The summed E-state index contributed by atoms with van der Waals surface area (Å²) in [6.45, 7) is 1.11. The normalized spacial score (nSPS) is 18.2. The van der Waals surface area contributed by atoms with Gasteiger partial charge in [0, 0.05) is 18.7 Å². The first-order valence-electron chi connectivity index (χ1n) is 6.92. The molecule has 1 saturated carbocycles. The van der Waals surface area contributed by atoms with Gasteiger partial charge in [-0.15, -0.1) is 0 Å². The van der Waals surface area contributed by atoms with Crippen LogP contribution in [0.3, 0.4) is 0 Å². The van der Waals surface area contributed by atoms with Gasteiger partial charge < -0.3 is 20.3 Å². The van der Waals surface area contributed by atoms with Gasteiger partial charge in [-0.05, 0) is 31.0 Å². The fraction of sp³-hybridized carbons (Fsp3) is 0.600. The van der Waals surface area contributed by atoms with Gasteiger partial charge in [-0.1, -0.05) is 19.3 Å². The quantitative estimate of drug-likeness (QED) is 0.763. The predicted octanol–water partition coefficient (Wildman–Crippen LogP) is 2.19. The highest BCUT2D eigenvalue weighted by molar-refractivity contribution is 5.39. The Morgan fingerprint density at radius 2 is 2.00 bits per heavy atom. The minimum Gasteiger partial charge on any atom is -0.508 e. The van der Waals surface area contributed by atoms with Crippen molar-refractivity contribution in [1.29, 1.82) is 0 Å². The largest absolute Gasteiger partial charge is 0.508 e. The Morgan fingerprint density at radius 1 is 1.26 bits per heavy atom. The van der Waals surface area contributed by atoms with Crippen molar-refractivity contribution in [3.8, 4) is 11.5 Å². The Balaban J connectivity index is 1.88. The first kappa shape index (κ1) is 14.2. The number of aliphatic hydroxyl groups is 1. The third-order valence-electron chi connectivity index (χ3n) is 3.84. The van der Waals surface area contributed by atoms with Crippen LogP contribution >= 0.6 is 0 Å². The Hall–Kier alpha value is -1.26. The van der Waals surface area contributed by atoms with Gasteiger partial charge in [-0.3, -0.25) is 0 Å². The second-order valence-corrected chi connectivity index (χ2v) is 5.38. The molecule has 0 saturated heterocycles. The van der Waals surface area contributed by atoms with E-state index in [1.54, 1.807) is 19.2 Å². The lowest BCUT2D eigenvalue weighted by Crippen LogP contribution is -2.41. The average molecular weight is 265 g/mol. The number of rotatable bonds is 5. The Morgan fingerprint density at radius 3 is 2.68 bits per heavy atom. The van der Waals surface area contributed by atoms with Crippen molar-refractivity contribution < 1.29 is 14.9 Å². The monoisotopic (exact) mass is 265 g/mol. The van der Waals surface area contributed by atoms with Crippen molar-refractivity contribution in [2.45, 2.75) is 44.2 Å². The summed E-state index contributed by atoms with van der Waals surface area (Å²) >= 11 is 0. The molecule has 1 aliphatic carbocycles. The lowest BCUT2D eigenvalue weighted by Gasteiger charge is -2.32. The van der Waals surface area contributed by atoms with Gasteiger partial charge in [0.1, 0.15) is 11.5 Å². The van der Waals surface area contributed by atoms with Crippen molar-refractivity contribution in [2.24, 2.45) is 0 Å². The maximum atomic E-state index is 10.4. The molecular weight excluding hydrogens is 242 g/mol.